The third-order valence-electron chi connectivity index (χ3n) is 7.43. The Balaban J connectivity index is 1.52. The molecule has 0 bridgehead atoms. The number of carbonyl (C=O) groups excluding carboxylic acids is 2. The van der Waals surface area contributed by atoms with Gasteiger partial charge in [-0.25, -0.2) is 27.5 Å². The zero-order valence-corrected chi connectivity index (χ0v) is 22.3. The molecule has 2 saturated carbocycles. The number of aromatic nitrogens is 2. The van der Waals surface area contributed by atoms with Crippen molar-refractivity contribution >= 4 is 29.0 Å². The first kappa shape index (κ1) is 29.5. The van der Waals surface area contributed by atoms with Gasteiger partial charge in [0.05, 0.1) is 17.5 Å². The Morgan fingerprint density at radius 2 is 1.90 bits per heavy atom. The van der Waals surface area contributed by atoms with Crippen LogP contribution in [0.2, 0.25) is 0 Å². The van der Waals surface area contributed by atoms with Gasteiger partial charge in [-0.15, -0.1) is 11.3 Å². The summed E-state index contributed by atoms with van der Waals surface area (Å²) in [5.74, 6) is -6.11. The summed E-state index contributed by atoms with van der Waals surface area (Å²) in [6.45, 7) is 0.457. The number of aliphatic hydroxyl groups excluding tert-OH is 1. The molecule has 224 valence electrons. The molecule has 1 aliphatic heterocycles. The summed E-state index contributed by atoms with van der Waals surface area (Å²) in [4.78, 5) is 34.8. The van der Waals surface area contributed by atoms with Gasteiger partial charge in [0.15, 0.2) is 5.01 Å². The molecule has 2 aliphatic carbocycles. The standard InChI is InChI=1S/C25H26F7N5O3S/c1-10-7-24(28,29)9-37(10)23(40)17-18(41-22(36-17)21(39)34-12-4-13(38)5-12)15-8-33-16(6-14(15)20(26)27)35-19(11-2-3-11)25(30,31)32/h6,8,10-13,19-20,38H,2-5,7,9H2,1H3,(H,33,35)(H,34,39)/t10?,12?,13?,19-/m0/s1. The fraction of sp³-hybridized carbons (Fsp3) is 0.600. The summed E-state index contributed by atoms with van der Waals surface area (Å²) in [5.41, 5.74) is -1.65. The van der Waals surface area contributed by atoms with Crippen molar-refractivity contribution in [3.05, 3.63) is 28.5 Å². The molecule has 16 heteroatoms. The van der Waals surface area contributed by atoms with Crippen molar-refractivity contribution in [3.63, 3.8) is 0 Å². The number of amides is 2. The monoisotopic (exact) mass is 609 g/mol. The van der Waals surface area contributed by atoms with Crippen LogP contribution in [0, 0.1) is 5.92 Å². The molecule has 1 unspecified atom stereocenters. The lowest BCUT2D eigenvalue weighted by molar-refractivity contribution is -0.146. The molecule has 3 aliphatic rings. The second-order valence-corrected chi connectivity index (χ2v) is 11.8. The molecule has 2 amide bonds. The Labute approximate surface area is 233 Å². The molecule has 2 aromatic heterocycles. The lowest BCUT2D eigenvalue weighted by Gasteiger charge is -2.31. The molecule has 3 heterocycles. The van der Waals surface area contributed by atoms with Gasteiger partial charge >= 0.3 is 6.18 Å². The first-order valence-corrected chi connectivity index (χ1v) is 13.7. The van der Waals surface area contributed by atoms with E-state index in [9.17, 15) is 45.4 Å². The Kier molecular flexibility index (Phi) is 7.68. The fourth-order valence-electron chi connectivity index (χ4n) is 5.09. The van der Waals surface area contributed by atoms with Crippen LogP contribution in [0.1, 0.15) is 71.3 Å². The number of hydrogen-bond donors (Lipinski definition) is 3. The molecular weight excluding hydrogens is 583 g/mol. The predicted molar refractivity (Wildman–Crippen MR) is 133 cm³/mol. The van der Waals surface area contributed by atoms with Gasteiger partial charge in [-0.3, -0.25) is 9.59 Å². The van der Waals surface area contributed by atoms with Gasteiger partial charge in [0.1, 0.15) is 17.6 Å². The first-order valence-electron chi connectivity index (χ1n) is 12.9. The topological polar surface area (TPSA) is 107 Å². The number of alkyl halides is 7. The number of carbonyl (C=O) groups is 2. The highest BCUT2D eigenvalue weighted by Crippen LogP contribution is 2.43. The van der Waals surface area contributed by atoms with Crippen LogP contribution in [0.4, 0.5) is 36.6 Å². The summed E-state index contributed by atoms with van der Waals surface area (Å²) in [5, 5.41) is 14.0. The molecule has 41 heavy (non-hydrogen) atoms. The van der Waals surface area contributed by atoms with Crippen molar-refractivity contribution in [2.45, 2.75) is 81.8 Å². The maximum absolute atomic E-state index is 14.3. The Morgan fingerprint density at radius 3 is 2.44 bits per heavy atom. The Bertz CT molecular complexity index is 1330. The summed E-state index contributed by atoms with van der Waals surface area (Å²) in [7, 11) is 0. The van der Waals surface area contributed by atoms with Crippen LogP contribution in [0.25, 0.3) is 10.4 Å². The zero-order valence-electron chi connectivity index (χ0n) is 21.5. The molecule has 3 fully saturated rings. The van der Waals surface area contributed by atoms with Gasteiger partial charge in [-0.2, -0.15) is 13.2 Å². The third kappa shape index (κ3) is 6.27. The smallest absolute Gasteiger partial charge is 0.393 e. The van der Waals surface area contributed by atoms with Crippen LogP contribution >= 0.6 is 11.3 Å². The highest BCUT2D eigenvalue weighted by Gasteiger charge is 2.49. The molecule has 5 rings (SSSR count). The van der Waals surface area contributed by atoms with E-state index in [4.69, 9.17) is 0 Å². The maximum Gasteiger partial charge on any atom is 0.408 e. The van der Waals surface area contributed by atoms with E-state index in [1.54, 1.807) is 0 Å². The van der Waals surface area contributed by atoms with Gasteiger partial charge in [0.2, 0.25) is 0 Å². The molecule has 0 spiro atoms. The van der Waals surface area contributed by atoms with Crippen molar-refractivity contribution in [1.82, 2.24) is 20.2 Å². The van der Waals surface area contributed by atoms with Crippen LogP contribution in [0.3, 0.4) is 0 Å². The number of halogens is 7. The van der Waals surface area contributed by atoms with Gasteiger partial charge in [0, 0.05) is 35.8 Å². The van der Waals surface area contributed by atoms with Gasteiger partial charge < -0.3 is 20.6 Å². The van der Waals surface area contributed by atoms with Crippen molar-refractivity contribution in [1.29, 1.82) is 0 Å². The number of nitrogens with zero attached hydrogens (tertiary/aromatic N) is 3. The number of hydrogen-bond acceptors (Lipinski definition) is 7. The Hall–Kier alpha value is -3.01. The van der Waals surface area contributed by atoms with Crippen molar-refractivity contribution in [2.24, 2.45) is 5.92 Å². The molecule has 0 radical (unpaired) electrons. The molecule has 2 atom stereocenters. The molecule has 3 N–H and O–H groups in total. The van der Waals surface area contributed by atoms with E-state index in [0.717, 1.165) is 17.2 Å². The largest absolute Gasteiger partial charge is 0.408 e. The lowest BCUT2D eigenvalue weighted by atomic mass is 9.89. The summed E-state index contributed by atoms with van der Waals surface area (Å²) < 4.78 is 97.2. The minimum atomic E-state index is -4.64. The average molecular weight is 610 g/mol. The highest BCUT2D eigenvalue weighted by molar-refractivity contribution is 7.17. The Morgan fingerprint density at radius 1 is 1.22 bits per heavy atom. The number of nitrogens with one attached hydrogen (secondary N) is 2. The second kappa shape index (κ2) is 10.7. The van der Waals surface area contributed by atoms with E-state index >= 15 is 0 Å². The molecule has 2 aromatic rings. The molecular formula is C25H26F7N5O3S. The number of pyridine rings is 1. The van der Waals surface area contributed by atoms with Crippen molar-refractivity contribution in [3.8, 4) is 10.4 Å². The van der Waals surface area contributed by atoms with Gasteiger partial charge in [-0.1, -0.05) is 0 Å². The average Bonchev–Trinajstić information content (AvgIpc) is 3.52. The van der Waals surface area contributed by atoms with E-state index in [1.807, 2.05) is 0 Å². The van der Waals surface area contributed by atoms with E-state index < -0.39 is 84.5 Å². The maximum atomic E-state index is 14.3. The van der Waals surface area contributed by atoms with E-state index in [-0.39, 0.29) is 34.3 Å². The quantitative estimate of drug-likeness (QED) is 0.363. The lowest BCUT2D eigenvalue weighted by Crippen LogP contribution is -2.46. The van der Waals surface area contributed by atoms with Crippen LogP contribution in [0.5, 0.6) is 0 Å². The molecule has 0 aromatic carbocycles. The van der Waals surface area contributed by atoms with Crippen LogP contribution in [0.15, 0.2) is 12.3 Å². The van der Waals surface area contributed by atoms with Crippen LogP contribution < -0.4 is 10.6 Å². The van der Waals surface area contributed by atoms with Gasteiger partial charge in [-0.05, 0) is 44.6 Å². The summed E-state index contributed by atoms with van der Waals surface area (Å²) in [6.07, 6.45) is -7.02. The van der Waals surface area contributed by atoms with Gasteiger partial charge in [0.25, 0.3) is 24.2 Å². The number of likely N-dealkylation sites (tertiary alicyclic amines) is 1. The first-order chi connectivity index (χ1) is 19.1. The summed E-state index contributed by atoms with van der Waals surface area (Å²) >= 11 is 0.562. The van der Waals surface area contributed by atoms with E-state index in [0.29, 0.717) is 24.2 Å². The van der Waals surface area contributed by atoms with Crippen LogP contribution in [-0.4, -0.2) is 74.7 Å². The minimum absolute atomic E-state index is 0.250. The third-order valence-corrected chi connectivity index (χ3v) is 8.51. The second-order valence-electron chi connectivity index (χ2n) is 10.8. The zero-order chi connectivity index (χ0) is 29.9. The SMILES string of the molecule is CC1CC(F)(F)CN1C(=O)c1nc(C(=O)NC2CC(O)C2)sc1-c1cnc(N[C@@H](C2CC2)C(F)(F)F)cc1C(F)F. The number of aliphatic hydroxyl groups is 1. The number of thiazole rings is 1. The van der Waals surface area contributed by atoms with E-state index in [1.165, 1.54) is 6.92 Å². The van der Waals surface area contributed by atoms with Crippen molar-refractivity contribution in [2.75, 3.05) is 11.9 Å². The minimum Gasteiger partial charge on any atom is -0.393 e. The van der Waals surface area contributed by atoms with E-state index in [2.05, 4.69) is 20.6 Å². The predicted octanol–water partition coefficient (Wildman–Crippen LogP) is 5.02. The fourth-order valence-corrected chi connectivity index (χ4v) is 6.09. The molecule has 1 saturated heterocycles. The molecule has 8 nitrogen and oxygen atoms in total. The van der Waals surface area contributed by atoms with Crippen LogP contribution in [-0.2, 0) is 0 Å². The number of rotatable bonds is 8. The summed E-state index contributed by atoms with van der Waals surface area (Å²) in [6, 6.07) is -2.53. The normalized spacial score (nSPS) is 24.7. The highest BCUT2D eigenvalue weighted by atomic mass is 32.1. The van der Waals surface area contributed by atoms with Crippen molar-refractivity contribution < 1.29 is 45.4 Å². The number of anilines is 1.